The molecule has 2 unspecified atom stereocenters. The molecule has 1 saturated heterocycles. The highest BCUT2D eigenvalue weighted by atomic mass is 16.6. The van der Waals surface area contributed by atoms with Crippen LogP contribution >= 0.6 is 0 Å². The predicted octanol–water partition coefficient (Wildman–Crippen LogP) is 3.62. The lowest BCUT2D eigenvalue weighted by Crippen LogP contribution is -2.53. The van der Waals surface area contributed by atoms with E-state index in [0.717, 1.165) is 10.9 Å². The number of para-hydroxylation sites is 1. The Hall–Kier alpha value is -3.62. The Morgan fingerprint density at radius 2 is 2.00 bits per heavy atom. The van der Waals surface area contributed by atoms with Crippen molar-refractivity contribution in [1.82, 2.24) is 15.2 Å². The van der Waals surface area contributed by atoms with Gasteiger partial charge in [-0.1, -0.05) is 18.2 Å². The van der Waals surface area contributed by atoms with E-state index in [0.29, 0.717) is 12.2 Å². The summed E-state index contributed by atoms with van der Waals surface area (Å²) in [6.45, 7) is 11.1. The van der Waals surface area contributed by atoms with Crippen LogP contribution in [-0.4, -0.2) is 64.3 Å². The minimum absolute atomic E-state index is 0.154. The van der Waals surface area contributed by atoms with Gasteiger partial charge in [0.2, 0.25) is 5.91 Å². The van der Waals surface area contributed by atoms with Gasteiger partial charge in [0, 0.05) is 23.9 Å². The topological polar surface area (TPSA) is 107 Å². The molecule has 4 atom stereocenters. The summed E-state index contributed by atoms with van der Waals surface area (Å²) < 4.78 is 17.1. The van der Waals surface area contributed by atoms with E-state index >= 15 is 0 Å². The van der Waals surface area contributed by atoms with Crippen molar-refractivity contribution in [2.24, 2.45) is 5.92 Å². The summed E-state index contributed by atoms with van der Waals surface area (Å²) in [4.78, 5) is 45.0. The number of nitrogens with one attached hydrogen (secondary N) is 1. The number of pyridine rings is 1. The van der Waals surface area contributed by atoms with Gasteiger partial charge in [-0.3, -0.25) is 14.7 Å². The van der Waals surface area contributed by atoms with E-state index in [9.17, 15) is 14.4 Å². The number of hydrogen-bond acceptors (Lipinski definition) is 7. The number of aromatic nitrogens is 1. The number of esters is 1. The van der Waals surface area contributed by atoms with Crippen molar-refractivity contribution in [2.45, 2.75) is 63.8 Å². The molecule has 192 valence electrons. The number of carbonyl (C=O) groups excluding carboxylic acids is 3. The van der Waals surface area contributed by atoms with Crippen molar-refractivity contribution in [2.75, 3.05) is 13.2 Å². The van der Waals surface area contributed by atoms with E-state index in [2.05, 4.69) is 16.9 Å². The molecule has 9 nitrogen and oxygen atoms in total. The standard InChI is InChI=1S/C27H33N3O6/c1-6-17-15-27(17,24(32)34-7-2)29-23(31)21-14-18(16-30(21)25(33)36-26(3,4)5)35-22-12-13-28-20-11-9-8-10-19(20)22/h6,8-13,17-18,21H,1,7,14-16H2,2-5H3,(H,29,31)/t17?,18?,21-,27+/m0/s1. The van der Waals surface area contributed by atoms with Gasteiger partial charge >= 0.3 is 12.1 Å². The first-order valence-electron chi connectivity index (χ1n) is 12.2. The zero-order valence-electron chi connectivity index (χ0n) is 21.2. The fraction of sp³-hybridized carbons (Fsp3) is 0.481. The number of hydrogen-bond donors (Lipinski definition) is 1. The monoisotopic (exact) mass is 495 g/mol. The molecule has 2 heterocycles. The molecule has 0 bridgehead atoms. The SMILES string of the molecule is C=CC1C[C@]1(NC(=O)[C@@H]1CC(Oc2ccnc3ccccc23)CN1C(=O)OC(C)(C)C)C(=O)OCC. The van der Waals surface area contributed by atoms with Crippen LogP contribution in [0, 0.1) is 5.92 Å². The molecule has 1 N–H and O–H groups in total. The quantitative estimate of drug-likeness (QED) is 0.462. The molecular weight excluding hydrogens is 462 g/mol. The minimum atomic E-state index is -1.16. The van der Waals surface area contributed by atoms with Gasteiger partial charge in [0.15, 0.2) is 0 Å². The Balaban J connectivity index is 1.57. The molecule has 0 radical (unpaired) electrons. The van der Waals surface area contributed by atoms with E-state index in [1.54, 1.807) is 46.0 Å². The van der Waals surface area contributed by atoms with Crippen molar-refractivity contribution in [3.8, 4) is 5.75 Å². The van der Waals surface area contributed by atoms with Crippen LogP contribution in [0.4, 0.5) is 4.79 Å². The molecule has 2 amide bonds. The van der Waals surface area contributed by atoms with Gasteiger partial charge in [-0.2, -0.15) is 0 Å². The molecule has 4 rings (SSSR count). The molecule has 1 saturated carbocycles. The van der Waals surface area contributed by atoms with Crippen molar-refractivity contribution < 1.29 is 28.6 Å². The largest absolute Gasteiger partial charge is 0.488 e. The first-order valence-corrected chi connectivity index (χ1v) is 12.2. The Labute approximate surface area is 210 Å². The molecular formula is C27H33N3O6. The Kier molecular flexibility index (Phi) is 6.93. The second kappa shape index (κ2) is 9.79. The van der Waals surface area contributed by atoms with Crippen LogP contribution < -0.4 is 10.1 Å². The van der Waals surface area contributed by atoms with Crippen molar-refractivity contribution in [3.05, 3.63) is 49.2 Å². The maximum Gasteiger partial charge on any atom is 0.411 e. The summed E-state index contributed by atoms with van der Waals surface area (Å²) in [6.07, 6.45) is 2.86. The van der Waals surface area contributed by atoms with Crippen molar-refractivity contribution >= 4 is 28.9 Å². The number of nitrogens with zero attached hydrogens (tertiary/aromatic N) is 2. The zero-order chi connectivity index (χ0) is 26.1. The number of benzene rings is 1. The van der Waals surface area contributed by atoms with Crippen LogP contribution in [-0.2, 0) is 19.1 Å². The molecule has 36 heavy (non-hydrogen) atoms. The van der Waals surface area contributed by atoms with Crippen LogP contribution in [0.15, 0.2) is 49.2 Å². The molecule has 2 aromatic rings. The van der Waals surface area contributed by atoms with E-state index in [1.807, 2.05) is 24.3 Å². The van der Waals surface area contributed by atoms with Gasteiger partial charge in [-0.15, -0.1) is 6.58 Å². The predicted molar refractivity (Wildman–Crippen MR) is 133 cm³/mol. The summed E-state index contributed by atoms with van der Waals surface area (Å²) in [5.74, 6) is -0.565. The number of amides is 2. The van der Waals surface area contributed by atoms with Gasteiger partial charge in [0.1, 0.15) is 29.0 Å². The third kappa shape index (κ3) is 5.15. The number of fused-ring (bicyclic) bond motifs is 1. The smallest absolute Gasteiger partial charge is 0.411 e. The number of carbonyl (C=O) groups is 3. The molecule has 2 aliphatic rings. The second-order valence-electron chi connectivity index (χ2n) is 10.2. The first kappa shape index (κ1) is 25.5. The van der Waals surface area contributed by atoms with Gasteiger partial charge in [0.25, 0.3) is 0 Å². The number of ether oxygens (including phenoxy) is 3. The first-order chi connectivity index (χ1) is 17.1. The highest BCUT2D eigenvalue weighted by molar-refractivity contribution is 5.95. The summed E-state index contributed by atoms with van der Waals surface area (Å²) in [5, 5.41) is 3.69. The number of rotatable bonds is 7. The van der Waals surface area contributed by atoms with E-state index in [4.69, 9.17) is 14.2 Å². The maximum absolute atomic E-state index is 13.5. The molecule has 1 aromatic carbocycles. The highest BCUT2D eigenvalue weighted by Crippen LogP contribution is 2.45. The van der Waals surface area contributed by atoms with Gasteiger partial charge in [-0.05, 0) is 52.3 Å². The Morgan fingerprint density at radius 3 is 2.67 bits per heavy atom. The third-order valence-corrected chi connectivity index (χ3v) is 6.38. The molecule has 1 aliphatic heterocycles. The summed E-state index contributed by atoms with van der Waals surface area (Å²) in [7, 11) is 0. The lowest BCUT2D eigenvalue weighted by molar-refractivity contribution is -0.149. The third-order valence-electron chi connectivity index (χ3n) is 6.38. The molecule has 9 heteroatoms. The van der Waals surface area contributed by atoms with Crippen LogP contribution in [0.2, 0.25) is 0 Å². The average Bonchev–Trinajstić information content (AvgIpc) is 3.37. The highest BCUT2D eigenvalue weighted by Gasteiger charge is 2.62. The average molecular weight is 496 g/mol. The molecule has 2 fully saturated rings. The van der Waals surface area contributed by atoms with E-state index < -0.39 is 41.3 Å². The Bertz CT molecular complexity index is 1170. The lowest BCUT2D eigenvalue weighted by atomic mass is 10.1. The van der Waals surface area contributed by atoms with Gasteiger partial charge in [0.05, 0.1) is 18.7 Å². The van der Waals surface area contributed by atoms with Crippen LogP contribution in [0.25, 0.3) is 10.9 Å². The van der Waals surface area contributed by atoms with E-state index in [1.165, 1.54) is 4.90 Å². The van der Waals surface area contributed by atoms with Crippen LogP contribution in [0.1, 0.15) is 40.5 Å². The fourth-order valence-corrected chi connectivity index (χ4v) is 4.57. The summed E-state index contributed by atoms with van der Waals surface area (Å²) >= 11 is 0. The molecule has 0 spiro atoms. The fourth-order valence-electron chi connectivity index (χ4n) is 4.57. The Morgan fingerprint density at radius 1 is 1.25 bits per heavy atom. The van der Waals surface area contributed by atoms with Crippen molar-refractivity contribution in [3.63, 3.8) is 0 Å². The summed E-state index contributed by atoms with van der Waals surface area (Å²) in [6, 6.07) is 8.48. The summed E-state index contributed by atoms with van der Waals surface area (Å²) in [5.41, 5.74) is -1.12. The maximum atomic E-state index is 13.5. The second-order valence-corrected chi connectivity index (χ2v) is 10.2. The molecule has 1 aliphatic carbocycles. The minimum Gasteiger partial charge on any atom is -0.488 e. The van der Waals surface area contributed by atoms with Gasteiger partial charge < -0.3 is 19.5 Å². The van der Waals surface area contributed by atoms with E-state index in [-0.39, 0.29) is 25.5 Å². The zero-order valence-corrected chi connectivity index (χ0v) is 21.2. The van der Waals surface area contributed by atoms with Crippen LogP contribution in [0.5, 0.6) is 5.75 Å². The number of likely N-dealkylation sites (tertiary alicyclic amines) is 1. The van der Waals surface area contributed by atoms with Gasteiger partial charge in [-0.25, -0.2) is 9.59 Å². The van der Waals surface area contributed by atoms with Crippen molar-refractivity contribution in [1.29, 1.82) is 0 Å². The molecule has 1 aromatic heterocycles. The van der Waals surface area contributed by atoms with Crippen LogP contribution in [0.3, 0.4) is 0 Å². The normalized spacial score (nSPS) is 25.2. The lowest BCUT2D eigenvalue weighted by Gasteiger charge is -2.28.